The van der Waals surface area contributed by atoms with Gasteiger partial charge in [0.1, 0.15) is 11.9 Å². The molecule has 2 unspecified atom stereocenters. The number of amides is 1. The molecule has 1 aliphatic heterocycles. The summed E-state index contributed by atoms with van der Waals surface area (Å²) in [5, 5.41) is 11.4. The Morgan fingerprint density at radius 2 is 1.58 bits per heavy atom. The van der Waals surface area contributed by atoms with Crippen molar-refractivity contribution in [3.8, 4) is 0 Å². The Hall–Kier alpha value is -3.53. The zero-order valence-electron chi connectivity index (χ0n) is 28.9. The van der Waals surface area contributed by atoms with Gasteiger partial charge in [-0.15, -0.1) is 0 Å². The number of carbonyl (C=O) groups is 1. The van der Waals surface area contributed by atoms with Crippen molar-refractivity contribution in [1.29, 1.82) is 5.41 Å². The molecule has 3 aromatic rings. The van der Waals surface area contributed by atoms with Crippen LogP contribution in [0.15, 0.2) is 54.7 Å². The van der Waals surface area contributed by atoms with Crippen LogP contribution in [-0.2, 0) is 6.54 Å². The number of carbonyl (C=O) groups excluding carboxylic acids is 1. The van der Waals surface area contributed by atoms with Crippen LogP contribution in [0, 0.1) is 29.9 Å². The van der Waals surface area contributed by atoms with E-state index in [2.05, 4.69) is 5.32 Å². The van der Waals surface area contributed by atoms with Crippen LogP contribution in [0.3, 0.4) is 0 Å². The third-order valence-electron chi connectivity index (χ3n) is 11.1. The Morgan fingerprint density at radius 1 is 0.880 bits per heavy atom. The summed E-state index contributed by atoms with van der Waals surface area (Å²) in [6.07, 6.45) is 8.69. The molecule has 1 saturated heterocycles. The highest BCUT2D eigenvalue weighted by Gasteiger charge is 2.51. The number of alkyl halides is 3. The van der Waals surface area contributed by atoms with Crippen molar-refractivity contribution in [2.45, 2.75) is 127 Å². The number of aryl methyl sites for hydroxylation is 1. The summed E-state index contributed by atoms with van der Waals surface area (Å²) in [7, 11) is 0. The minimum Gasteiger partial charge on any atom is -0.345 e. The van der Waals surface area contributed by atoms with Gasteiger partial charge in [0.05, 0.1) is 6.04 Å². The van der Waals surface area contributed by atoms with E-state index in [1.165, 1.54) is 29.2 Å². The lowest BCUT2D eigenvalue weighted by Crippen LogP contribution is -2.56. The van der Waals surface area contributed by atoms with E-state index in [-0.39, 0.29) is 41.4 Å². The summed E-state index contributed by atoms with van der Waals surface area (Å²) < 4.78 is 75.8. The van der Waals surface area contributed by atoms with Gasteiger partial charge in [-0.1, -0.05) is 63.1 Å². The summed E-state index contributed by atoms with van der Waals surface area (Å²) >= 11 is 0. The second-order valence-corrected chi connectivity index (χ2v) is 14.8. The largest absolute Gasteiger partial charge is 0.404 e. The highest BCUT2D eigenvalue weighted by Crippen LogP contribution is 2.45. The van der Waals surface area contributed by atoms with Crippen molar-refractivity contribution in [2.75, 3.05) is 6.54 Å². The van der Waals surface area contributed by atoms with Crippen molar-refractivity contribution >= 4 is 5.91 Å². The number of piperidine rings is 1. The van der Waals surface area contributed by atoms with Gasteiger partial charge in [-0.05, 0) is 110 Å². The van der Waals surface area contributed by atoms with E-state index in [1.807, 2.05) is 0 Å². The molecule has 6 rings (SSSR count). The van der Waals surface area contributed by atoms with Gasteiger partial charge >= 0.3 is 6.18 Å². The lowest BCUT2D eigenvalue weighted by Gasteiger charge is -2.46. The molecule has 3 aliphatic rings. The highest BCUT2D eigenvalue weighted by molar-refractivity contribution is 5.95. The van der Waals surface area contributed by atoms with Crippen LogP contribution in [-0.4, -0.2) is 40.2 Å². The van der Waals surface area contributed by atoms with Gasteiger partial charge in [0.25, 0.3) is 5.91 Å². The number of halogens is 5. The zero-order valence-corrected chi connectivity index (χ0v) is 28.9. The molecule has 1 aromatic heterocycles. The van der Waals surface area contributed by atoms with Gasteiger partial charge in [-0.25, -0.2) is 8.78 Å². The molecule has 1 amide bonds. The van der Waals surface area contributed by atoms with Gasteiger partial charge < -0.3 is 9.88 Å². The van der Waals surface area contributed by atoms with Crippen LogP contribution < -0.4 is 10.8 Å². The molecule has 2 aliphatic carbocycles. The average molecular weight is 697 g/mol. The predicted molar refractivity (Wildman–Crippen MR) is 184 cm³/mol. The van der Waals surface area contributed by atoms with Gasteiger partial charge in [-0.3, -0.25) is 15.1 Å². The quantitative estimate of drug-likeness (QED) is 0.231. The Labute approximate surface area is 291 Å². The molecule has 50 heavy (non-hydrogen) atoms. The maximum Gasteiger partial charge on any atom is 0.404 e. The number of rotatable bonds is 8. The molecule has 0 spiro atoms. The number of aromatic nitrogens is 1. The summed E-state index contributed by atoms with van der Waals surface area (Å²) in [6, 6.07) is 10.2. The summed E-state index contributed by atoms with van der Waals surface area (Å²) in [5.74, 6) is -2.18. The number of benzene rings is 2. The second-order valence-electron chi connectivity index (χ2n) is 14.8. The van der Waals surface area contributed by atoms with Crippen LogP contribution >= 0.6 is 0 Å². The van der Waals surface area contributed by atoms with Crippen molar-refractivity contribution in [2.24, 2.45) is 5.92 Å². The van der Waals surface area contributed by atoms with Crippen molar-refractivity contribution in [3.63, 3.8) is 0 Å². The molecular weight excluding hydrogens is 647 g/mol. The predicted octanol–water partition coefficient (Wildman–Crippen LogP) is 9.49. The van der Waals surface area contributed by atoms with E-state index in [9.17, 15) is 13.6 Å². The number of likely N-dealkylation sites (tertiary alicyclic amines) is 1. The van der Waals surface area contributed by atoms with E-state index < -0.39 is 29.9 Å². The van der Waals surface area contributed by atoms with Crippen molar-refractivity contribution in [3.05, 3.63) is 99.7 Å². The number of hydrogen-bond acceptors (Lipinski definition) is 3. The first-order chi connectivity index (χ1) is 24.0. The number of hydrogen-bond donors (Lipinski definition) is 2. The molecule has 2 N–H and O–H groups in total. The Bertz CT molecular complexity index is 1690. The normalized spacial score (nSPS) is 22.2. The van der Waals surface area contributed by atoms with E-state index >= 15 is 13.2 Å². The maximum absolute atomic E-state index is 15.3. The molecule has 0 radical (unpaired) electrons. The minimum absolute atomic E-state index is 0.0175. The Balaban J connectivity index is 1.37. The van der Waals surface area contributed by atoms with E-state index in [1.54, 1.807) is 48.4 Å². The second kappa shape index (κ2) is 15.8. The smallest absolute Gasteiger partial charge is 0.345 e. The van der Waals surface area contributed by atoms with E-state index in [4.69, 9.17) is 5.41 Å². The Kier molecular flexibility index (Phi) is 11.5. The average Bonchev–Trinajstić information content (AvgIpc) is 3.94. The van der Waals surface area contributed by atoms with Crippen LogP contribution in [0.2, 0.25) is 0 Å². The molecule has 5 nitrogen and oxygen atoms in total. The molecule has 3 fully saturated rings. The fourth-order valence-corrected chi connectivity index (χ4v) is 8.31. The van der Waals surface area contributed by atoms with Gasteiger partial charge in [0.15, 0.2) is 11.3 Å². The highest BCUT2D eigenvalue weighted by atomic mass is 19.4. The van der Waals surface area contributed by atoms with Crippen LogP contribution in [0.1, 0.15) is 128 Å². The van der Waals surface area contributed by atoms with Crippen LogP contribution in [0.25, 0.3) is 0 Å². The van der Waals surface area contributed by atoms with Crippen molar-refractivity contribution in [1.82, 2.24) is 14.8 Å². The molecule has 270 valence electrons. The molecule has 10 heteroatoms. The molecule has 0 bridgehead atoms. The molecule has 2 aromatic carbocycles. The minimum atomic E-state index is -4.48. The summed E-state index contributed by atoms with van der Waals surface area (Å²) in [6.45, 7) is 2.08. The monoisotopic (exact) mass is 696 g/mol. The third-order valence-corrected chi connectivity index (χ3v) is 11.1. The first-order valence-corrected chi connectivity index (χ1v) is 18.4. The maximum atomic E-state index is 15.3. The van der Waals surface area contributed by atoms with Crippen LogP contribution in [0.4, 0.5) is 22.0 Å². The fraction of sp³-hybridized carbons (Fsp3) is 0.550. The molecule has 2 heterocycles. The van der Waals surface area contributed by atoms with Gasteiger partial charge in [-0.2, -0.15) is 13.2 Å². The fourth-order valence-electron chi connectivity index (χ4n) is 8.31. The number of pyridine rings is 1. The first kappa shape index (κ1) is 36.3. The molecule has 3 atom stereocenters. The first-order valence-electron chi connectivity index (χ1n) is 18.4. The third kappa shape index (κ3) is 8.67. The summed E-state index contributed by atoms with van der Waals surface area (Å²) in [4.78, 5) is 15.8. The Morgan fingerprint density at radius 3 is 2.24 bits per heavy atom. The van der Waals surface area contributed by atoms with Crippen molar-refractivity contribution < 1.29 is 26.7 Å². The zero-order chi connectivity index (χ0) is 35.4. The standard InChI is InChI=1S/C40H49F5N4O/c1-26-21-29(17-18-34(26)41)36(28-15-16-28)47-39(50)31-23-27(25-48-19-10-14-35(42)38(48)46)22-30(24-31)33-13-9-20-49(37(33)40(43,44)45)32-11-7-5-3-2-4-6-8-12-32/h10,14,17-19,21-24,28,32-33,36-37,46H,2-9,11-13,15-16,20,25H2,1H3,(H,47,50)/t33?,36-,37?/m0/s1. The molecular formula is C40H49F5N4O. The number of nitrogens with zero attached hydrogens (tertiary/aromatic N) is 2. The van der Waals surface area contributed by atoms with Gasteiger partial charge in [0.2, 0.25) is 0 Å². The lowest BCUT2D eigenvalue weighted by atomic mass is 9.80. The lowest BCUT2D eigenvalue weighted by molar-refractivity contribution is -0.204. The van der Waals surface area contributed by atoms with Gasteiger partial charge in [0, 0.05) is 30.3 Å². The van der Waals surface area contributed by atoms with E-state index in [0.717, 1.165) is 69.8 Å². The number of nitrogens with one attached hydrogen (secondary N) is 2. The molecule has 2 saturated carbocycles. The summed E-state index contributed by atoms with van der Waals surface area (Å²) in [5.41, 5.74) is 2.09. The topological polar surface area (TPSA) is 61.1 Å². The van der Waals surface area contributed by atoms with Crippen LogP contribution in [0.5, 0.6) is 0 Å². The SMILES string of the molecule is Cc1cc([C@@H](NC(=O)c2cc(Cn3cccc(F)c3=N)cc(C3CCCN(C4CCCCCCCCC4)C3C(F)(F)F)c2)C2CC2)ccc1F. The van der Waals surface area contributed by atoms with E-state index in [0.29, 0.717) is 36.1 Å².